The van der Waals surface area contributed by atoms with Crippen molar-refractivity contribution in [3.05, 3.63) is 33.8 Å². The SMILES string of the molecule is CCC(C)[C@]1(O)CCN2C[C@@H](c3ccc(Cl)cc3Cl)CC[C@@H]2C1. The van der Waals surface area contributed by atoms with E-state index in [1.807, 2.05) is 12.1 Å². The van der Waals surface area contributed by atoms with Crippen molar-refractivity contribution in [3.63, 3.8) is 0 Å². The topological polar surface area (TPSA) is 23.5 Å². The summed E-state index contributed by atoms with van der Waals surface area (Å²) in [5, 5.41) is 12.5. The molecule has 1 aromatic carbocycles. The van der Waals surface area contributed by atoms with E-state index in [2.05, 4.69) is 24.8 Å². The van der Waals surface area contributed by atoms with Crippen LogP contribution in [-0.2, 0) is 0 Å². The van der Waals surface area contributed by atoms with Crippen LogP contribution in [-0.4, -0.2) is 34.7 Å². The van der Waals surface area contributed by atoms with Gasteiger partial charge in [0, 0.05) is 29.2 Å². The first-order chi connectivity index (χ1) is 10.9. The molecule has 0 aromatic heterocycles. The smallest absolute Gasteiger partial charge is 0.0700 e. The van der Waals surface area contributed by atoms with E-state index in [4.69, 9.17) is 23.2 Å². The van der Waals surface area contributed by atoms with E-state index >= 15 is 0 Å². The maximum Gasteiger partial charge on any atom is 0.0700 e. The van der Waals surface area contributed by atoms with Crippen LogP contribution in [0.15, 0.2) is 18.2 Å². The van der Waals surface area contributed by atoms with Gasteiger partial charge < -0.3 is 5.11 Å². The quantitative estimate of drug-likeness (QED) is 0.813. The van der Waals surface area contributed by atoms with Gasteiger partial charge in [0.25, 0.3) is 0 Å². The van der Waals surface area contributed by atoms with Crippen molar-refractivity contribution in [3.8, 4) is 0 Å². The van der Waals surface area contributed by atoms with Crippen molar-refractivity contribution in [1.29, 1.82) is 0 Å². The average Bonchev–Trinajstić information content (AvgIpc) is 2.53. The van der Waals surface area contributed by atoms with Crippen LogP contribution in [0.3, 0.4) is 0 Å². The molecule has 0 saturated carbocycles. The maximum atomic E-state index is 11.0. The van der Waals surface area contributed by atoms with Gasteiger partial charge in [0.05, 0.1) is 5.60 Å². The van der Waals surface area contributed by atoms with E-state index in [0.29, 0.717) is 22.9 Å². The largest absolute Gasteiger partial charge is 0.390 e. The van der Waals surface area contributed by atoms with E-state index in [-0.39, 0.29) is 0 Å². The van der Waals surface area contributed by atoms with E-state index in [1.54, 1.807) is 0 Å². The molecule has 0 amide bonds. The van der Waals surface area contributed by atoms with Crippen LogP contribution >= 0.6 is 23.2 Å². The van der Waals surface area contributed by atoms with Crippen LogP contribution in [0.4, 0.5) is 0 Å². The Balaban J connectivity index is 1.69. The van der Waals surface area contributed by atoms with Crippen molar-refractivity contribution >= 4 is 23.2 Å². The number of rotatable bonds is 3. The number of benzene rings is 1. The highest BCUT2D eigenvalue weighted by atomic mass is 35.5. The lowest BCUT2D eigenvalue weighted by atomic mass is 9.73. The Morgan fingerprint density at radius 3 is 2.83 bits per heavy atom. The monoisotopic (exact) mass is 355 g/mol. The summed E-state index contributed by atoms with van der Waals surface area (Å²) >= 11 is 12.4. The highest BCUT2D eigenvalue weighted by Gasteiger charge is 2.43. The van der Waals surface area contributed by atoms with Gasteiger partial charge in [0.15, 0.2) is 0 Å². The van der Waals surface area contributed by atoms with Gasteiger partial charge in [-0.1, -0.05) is 49.5 Å². The summed E-state index contributed by atoms with van der Waals surface area (Å²) in [5.41, 5.74) is 0.748. The van der Waals surface area contributed by atoms with E-state index < -0.39 is 5.60 Å². The third kappa shape index (κ3) is 3.56. The second-order valence-electron chi connectivity index (χ2n) is 7.46. The van der Waals surface area contributed by atoms with Crippen molar-refractivity contribution in [1.82, 2.24) is 4.90 Å². The standard InChI is InChI=1S/C19H27Cl2NO/c1-3-13(2)19(23)8-9-22-12-14(4-6-16(22)11-19)17-7-5-15(20)10-18(17)21/h5,7,10,13-14,16,23H,3-4,6,8-9,11-12H2,1-2H3/t13?,14-,16+,19-/m0/s1. The Morgan fingerprint density at radius 1 is 1.35 bits per heavy atom. The molecule has 1 aromatic rings. The molecule has 3 rings (SSSR count). The number of piperidine rings is 2. The van der Waals surface area contributed by atoms with Gasteiger partial charge in [0.1, 0.15) is 0 Å². The first kappa shape index (κ1) is 17.5. The molecule has 2 heterocycles. The number of halogens is 2. The van der Waals surface area contributed by atoms with Crippen molar-refractivity contribution < 1.29 is 5.11 Å². The van der Waals surface area contributed by atoms with Crippen molar-refractivity contribution in [2.45, 2.75) is 63.5 Å². The molecule has 1 unspecified atom stereocenters. The van der Waals surface area contributed by atoms with E-state index in [0.717, 1.165) is 50.2 Å². The maximum absolute atomic E-state index is 11.0. The molecule has 2 saturated heterocycles. The van der Waals surface area contributed by atoms with Crippen LogP contribution < -0.4 is 0 Å². The van der Waals surface area contributed by atoms with Crippen molar-refractivity contribution in [2.24, 2.45) is 5.92 Å². The minimum absolute atomic E-state index is 0.382. The molecule has 1 N–H and O–H groups in total. The second-order valence-corrected chi connectivity index (χ2v) is 8.30. The predicted molar refractivity (Wildman–Crippen MR) is 97.4 cm³/mol. The minimum atomic E-state index is -0.472. The fourth-order valence-electron chi connectivity index (χ4n) is 4.37. The molecule has 0 spiro atoms. The summed E-state index contributed by atoms with van der Waals surface area (Å²) in [6, 6.07) is 6.38. The Morgan fingerprint density at radius 2 is 2.13 bits per heavy atom. The molecule has 23 heavy (non-hydrogen) atoms. The van der Waals surface area contributed by atoms with Gasteiger partial charge in [-0.2, -0.15) is 0 Å². The fourth-order valence-corrected chi connectivity index (χ4v) is 4.93. The van der Waals surface area contributed by atoms with E-state index in [9.17, 15) is 5.11 Å². The molecule has 4 atom stereocenters. The summed E-state index contributed by atoms with van der Waals surface area (Å²) < 4.78 is 0. The highest BCUT2D eigenvalue weighted by Crippen LogP contribution is 2.42. The number of fused-ring (bicyclic) bond motifs is 1. The molecule has 0 aliphatic carbocycles. The molecule has 2 nitrogen and oxygen atoms in total. The second kappa shape index (κ2) is 6.92. The molecular weight excluding hydrogens is 329 g/mol. The summed E-state index contributed by atoms with van der Waals surface area (Å²) in [7, 11) is 0. The van der Waals surface area contributed by atoms with Gasteiger partial charge in [-0.3, -0.25) is 4.90 Å². The Kier molecular flexibility index (Phi) is 5.27. The summed E-state index contributed by atoms with van der Waals surface area (Å²) in [6.07, 6.45) is 5.14. The predicted octanol–water partition coefficient (Wildman–Crippen LogP) is 5.11. The Hall–Kier alpha value is -0.280. The van der Waals surface area contributed by atoms with Crippen molar-refractivity contribution in [2.75, 3.05) is 13.1 Å². The van der Waals surface area contributed by atoms with Crippen LogP contribution in [0.2, 0.25) is 10.0 Å². The molecular formula is C19H27Cl2NO. The summed E-state index contributed by atoms with van der Waals surface area (Å²) in [6.45, 7) is 6.40. The Labute approximate surface area is 149 Å². The van der Waals surface area contributed by atoms with Crippen LogP contribution in [0.25, 0.3) is 0 Å². The number of hydrogen-bond donors (Lipinski definition) is 1. The van der Waals surface area contributed by atoms with E-state index in [1.165, 1.54) is 5.56 Å². The zero-order valence-corrected chi connectivity index (χ0v) is 15.6. The van der Waals surface area contributed by atoms with Gasteiger partial charge in [0.2, 0.25) is 0 Å². The normalized spacial score (nSPS) is 33.3. The average molecular weight is 356 g/mol. The Bertz CT molecular complexity index is 564. The molecule has 128 valence electrons. The molecule has 0 bridgehead atoms. The molecule has 0 radical (unpaired) electrons. The van der Waals surface area contributed by atoms with Gasteiger partial charge in [-0.15, -0.1) is 0 Å². The first-order valence-corrected chi connectivity index (χ1v) is 9.60. The zero-order chi connectivity index (χ0) is 16.6. The number of hydrogen-bond acceptors (Lipinski definition) is 2. The molecule has 2 fully saturated rings. The summed E-state index contributed by atoms with van der Waals surface area (Å²) in [5.74, 6) is 0.860. The molecule has 2 aliphatic heterocycles. The van der Waals surface area contributed by atoms with Crippen LogP contribution in [0, 0.1) is 5.92 Å². The molecule has 4 heteroatoms. The van der Waals surface area contributed by atoms with Crippen LogP contribution in [0.1, 0.15) is 57.4 Å². The molecule has 2 aliphatic rings. The highest BCUT2D eigenvalue weighted by molar-refractivity contribution is 6.35. The minimum Gasteiger partial charge on any atom is -0.390 e. The third-order valence-electron chi connectivity index (χ3n) is 6.17. The summed E-state index contributed by atoms with van der Waals surface area (Å²) in [4.78, 5) is 2.57. The lowest BCUT2D eigenvalue weighted by Gasteiger charge is -2.50. The van der Waals surface area contributed by atoms with Gasteiger partial charge in [-0.25, -0.2) is 0 Å². The lowest BCUT2D eigenvalue weighted by molar-refractivity contribution is -0.0922. The first-order valence-electron chi connectivity index (χ1n) is 8.84. The van der Waals surface area contributed by atoms with Gasteiger partial charge in [-0.05, 0) is 55.2 Å². The lowest BCUT2D eigenvalue weighted by Crippen LogP contribution is -2.55. The van der Waals surface area contributed by atoms with Gasteiger partial charge >= 0.3 is 0 Å². The van der Waals surface area contributed by atoms with Crippen LogP contribution in [0.5, 0.6) is 0 Å². The zero-order valence-electron chi connectivity index (χ0n) is 14.1. The number of aliphatic hydroxyl groups is 1. The number of nitrogens with zero attached hydrogens (tertiary/aromatic N) is 1. The fraction of sp³-hybridized carbons (Fsp3) is 0.684. The third-order valence-corrected chi connectivity index (χ3v) is 6.74.